The van der Waals surface area contributed by atoms with Gasteiger partial charge in [0, 0.05) is 52.7 Å². The van der Waals surface area contributed by atoms with Crippen LogP contribution in [0.1, 0.15) is 20.7 Å². The van der Waals surface area contributed by atoms with E-state index in [9.17, 15) is 9.59 Å². The van der Waals surface area contributed by atoms with E-state index in [2.05, 4.69) is 0 Å². The highest BCUT2D eigenvalue weighted by Crippen LogP contribution is 2.14. The first-order valence-electron chi connectivity index (χ1n) is 9.85. The summed E-state index contributed by atoms with van der Waals surface area (Å²) in [7, 11) is 9.67. The number of rotatable bonds is 10. The lowest BCUT2D eigenvalue weighted by Gasteiger charge is -2.17. The zero-order chi connectivity index (χ0) is 22.1. The van der Waals surface area contributed by atoms with Crippen LogP contribution in [0.2, 0.25) is 0 Å². The number of benzene rings is 2. The average Bonchev–Trinajstić information content (AvgIpc) is 2.73. The first-order valence-corrected chi connectivity index (χ1v) is 9.85. The third kappa shape index (κ3) is 7.08. The molecule has 0 saturated heterocycles. The van der Waals surface area contributed by atoms with Crippen molar-refractivity contribution >= 4 is 23.3 Å². The van der Waals surface area contributed by atoms with Crippen molar-refractivity contribution < 1.29 is 19.1 Å². The van der Waals surface area contributed by atoms with Crippen LogP contribution in [-0.4, -0.2) is 78.4 Å². The summed E-state index contributed by atoms with van der Waals surface area (Å²) in [5, 5.41) is 0. The lowest BCUT2D eigenvalue weighted by molar-refractivity contribution is 0.0419. The van der Waals surface area contributed by atoms with Crippen molar-refractivity contribution in [2.45, 2.75) is 0 Å². The number of esters is 2. The van der Waals surface area contributed by atoms with Crippen LogP contribution in [0.5, 0.6) is 0 Å². The molecule has 2 aromatic carbocycles. The predicted molar refractivity (Wildman–Crippen MR) is 120 cm³/mol. The van der Waals surface area contributed by atoms with Gasteiger partial charge < -0.3 is 19.3 Å². The molecule has 0 bridgehead atoms. The van der Waals surface area contributed by atoms with E-state index >= 15 is 0 Å². The molecule has 0 saturated carbocycles. The van der Waals surface area contributed by atoms with Crippen LogP contribution < -0.4 is 9.80 Å². The van der Waals surface area contributed by atoms with Crippen LogP contribution in [0.3, 0.4) is 0 Å². The van der Waals surface area contributed by atoms with Gasteiger partial charge in [-0.3, -0.25) is 4.90 Å². The van der Waals surface area contributed by atoms with Crippen LogP contribution in [0.15, 0.2) is 48.5 Å². The molecule has 7 heteroatoms. The molecule has 0 N–H and O–H groups in total. The number of hydrogen-bond acceptors (Lipinski definition) is 7. The summed E-state index contributed by atoms with van der Waals surface area (Å²) in [5.41, 5.74) is 3.10. The molecule has 0 spiro atoms. The second-order valence-corrected chi connectivity index (χ2v) is 7.46. The third-order valence-electron chi connectivity index (χ3n) is 4.65. The Labute approximate surface area is 178 Å². The Morgan fingerprint density at radius 1 is 0.633 bits per heavy atom. The third-order valence-corrected chi connectivity index (χ3v) is 4.65. The first kappa shape index (κ1) is 23.2. The second kappa shape index (κ2) is 11.2. The standard InChI is InChI=1S/C23H31N3O4/c1-24(2)20-10-6-18(7-11-20)22(27)29-16-14-26(5)15-17-30-23(28)19-8-12-21(13-9-19)25(3)4/h6-13H,14-17H2,1-5H3. The SMILES string of the molecule is CN(CCOC(=O)c1ccc(N(C)C)cc1)CCOC(=O)c1ccc(N(C)C)cc1. The molecular formula is C23H31N3O4. The quantitative estimate of drug-likeness (QED) is 0.555. The Kier molecular flexibility index (Phi) is 8.68. The molecule has 0 atom stereocenters. The topological polar surface area (TPSA) is 62.3 Å². The maximum absolute atomic E-state index is 12.1. The van der Waals surface area contributed by atoms with E-state index in [0.29, 0.717) is 24.2 Å². The van der Waals surface area contributed by atoms with Crippen molar-refractivity contribution in [2.24, 2.45) is 0 Å². The lowest BCUT2D eigenvalue weighted by Crippen LogP contribution is -2.28. The largest absolute Gasteiger partial charge is 0.461 e. The number of ether oxygens (including phenoxy) is 2. The van der Waals surface area contributed by atoms with E-state index < -0.39 is 0 Å². The molecule has 0 aromatic heterocycles. The number of hydrogen-bond donors (Lipinski definition) is 0. The Morgan fingerprint density at radius 3 is 1.27 bits per heavy atom. The summed E-state index contributed by atoms with van der Waals surface area (Å²) in [6, 6.07) is 14.5. The Hall–Kier alpha value is -3.06. The molecule has 0 unspecified atom stereocenters. The van der Waals surface area contributed by atoms with Crippen LogP contribution in [0, 0.1) is 0 Å². The Morgan fingerprint density at radius 2 is 0.967 bits per heavy atom. The number of likely N-dealkylation sites (N-methyl/N-ethyl adjacent to an activating group) is 1. The van der Waals surface area contributed by atoms with Gasteiger partial charge in [0.05, 0.1) is 11.1 Å². The number of carbonyl (C=O) groups is 2. The summed E-state index contributed by atoms with van der Waals surface area (Å²) in [5.74, 6) is -0.692. The Balaban J connectivity index is 1.66. The minimum atomic E-state index is -0.346. The van der Waals surface area contributed by atoms with Crippen molar-refractivity contribution in [3.63, 3.8) is 0 Å². The summed E-state index contributed by atoms with van der Waals surface area (Å²) in [6.45, 7) is 1.64. The van der Waals surface area contributed by atoms with Crippen molar-refractivity contribution in [1.29, 1.82) is 0 Å². The molecule has 30 heavy (non-hydrogen) atoms. The van der Waals surface area contributed by atoms with Gasteiger partial charge in [-0.05, 0) is 55.6 Å². The molecule has 7 nitrogen and oxygen atoms in total. The minimum Gasteiger partial charge on any atom is -0.461 e. The zero-order valence-corrected chi connectivity index (χ0v) is 18.4. The fourth-order valence-electron chi connectivity index (χ4n) is 2.66. The van der Waals surface area contributed by atoms with Crippen molar-refractivity contribution in [1.82, 2.24) is 4.90 Å². The zero-order valence-electron chi connectivity index (χ0n) is 18.4. The fourth-order valence-corrected chi connectivity index (χ4v) is 2.66. The van der Waals surface area contributed by atoms with Gasteiger partial charge in [-0.15, -0.1) is 0 Å². The van der Waals surface area contributed by atoms with Crippen LogP contribution in [0.25, 0.3) is 0 Å². The van der Waals surface area contributed by atoms with Crippen LogP contribution in [0.4, 0.5) is 11.4 Å². The molecule has 0 fully saturated rings. The molecular weight excluding hydrogens is 382 g/mol. The van der Waals surface area contributed by atoms with Gasteiger partial charge in [-0.25, -0.2) is 9.59 Å². The summed E-state index contributed by atoms with van der Waals surface area (Å²) >= 11 is 0. The first-order chi connectivity index (χ1) is 14.3. The maximum Gasteiger partial charge on any atom is 0.338 e. The van der Waals surface area contributed by atoms with Gasteiger partial charge in [0.2, 0.25) is 0 Å². The molecule has 0 heterocycles. The van der Waals surface area contributed by atoms with E-state index in [-0.39, 0.29) is 25.2 Å². The van der Waals surface area contributed by atoms with Gasteiger partial charge in [0.1, 0.15) is 13.2 Å². The average molecular weight is 414 g/mol. The predicted octanol–water partition coefficient (Wildman–Crippen LogP) is 2.76. The smallest absolute Gasteiger partial charge is 0.338 e. The molecule has 2 rings (SSSR count). The van der Waals surface area contributed by atoms with Gasteiger partial charge in [0.25, 0.3) is 0 Å². The van der Waals surface area contributed by atoms with E-state index in [1.807, 2.05) is 74.2 Å². The maximum atomic E-state index is 12.1. The van der Waals surface area contributed by atoms with E-state index in [1.54, 1.807) is 24.3 Å². The molecule has 0 radical (unpaired) electrons. The molecule has 162 valence electrons. The normalized spacial score (nSPS) is 10.6. The number of nitrogens with zero attached hydrogens (tertiary/aromatic N) is 3. The number of carbonyl (C=O) groups excluding carboxylic acids is 2. The summed E-state index contributed by atoms with van der Waals surface area (Å²) in [4.78, 5) is 30.1. The van der Waals surface area contributed by atoms with Crippen LogP contribution >= 0.6 is 0 Å². The lowest BCUT2D eigenvalue weighted by atomic mass is 10.2. The Bertz CT molecular complexity index is 748. The number of anilines is 2. The molecule has 0 amide bonds. The highest BCUT2D eigenvalue weighted by atomic mass is 16.5. The molecule has 2 aromatic rings. The van der Waals surface area contributed by atoms with Crippen molar-refractivity contribution in [3.8, 4) is 0 Å². The van der Waals surface area contributed by atoms with E-state index in [0.717, 1.165) is 11.4 Å². The molecule has 0 aliphatic heterocycles. The highest BCUT2D eigenvalue weighted by Gasteiger charge is 2.10. The van der Waals surface area contributed by atoms with Crippen molar-refractivity contribution in [2.75, 3.05) is 71.3 Å². The van der Waals surface area contributed by atoms with Crippen molar-refractivity contribution in [3.05, 3.63) is 59.7 Å². The van der Waals surface area contributed by atoms with Gasteiger partial charge in [-0.2, -0.15) is 0 Å². The monoisotopic (exact) mass is 413 g/mol. The highest BCUT2D eigenvalue weighted by molar-refractivity contribution is 5.90. The van der Waals surface area contributed by atoms with Crippen LogP contribution in [-0.2, 0) is 9.47 Å². The molecule has 0 aliphatic rings. The van der Waals surface area contributed by atoms with Gasteiger partial charge in [-0.1, -0.05) is 0 Å². The fraction of sp³-hybridized carbons (Fsp3) is 0.391. The summed E-state index contributed by atoms with van der Waals surface area (Å²) < 4.78 is 10.6. The van der Waals surface area contributed by atoms with E-state index in [1.165, 1.54) is 0 Å². The summed E-state index contributed by atoms with van der Waals surface area (Å²) in [6.07, 6.45) is 0. The minimum absolute atomic E-state index is 0.269. The van der Waals surface area contributed by atoms with Gasteiger partial charge >= 0.3 is 11.9 Å². The molecule has 0 aliphatic carbocycles. The van der Waals surface area contributed by atoms with E-state index in [4.69, 9.17) is 9.47 Å². The second-order valence-electron chi connectivity index (χ2n) is 7.46. The van der Waals surface area contributed by atoms with Gasteiger partial charge in [0.15, 0.2) is 0 Å².